The first kappa shape index (κ1) is 20.8. The topological polar surface area (TPSA) is 99.3 Å². The summed E-state index contributed by atoms with van der Waals surface area (Å²) in [5.41, 5.74) is 1.17. The first-order valence-corrected chi connectivity index (χ1v) is 8.65. The largest absolute Gasteiger partial charge is 0.573 e. The molecule has 0 aliphatic heterocycles. The number of non-ortho nitro benzene ring substituents is 1. The summed E-state index contributed by atoms with van der Waals surface area (Å²) in [7, 11) is 0. The molecular formula is C19H15F3N4O4. The number of carbonyl (C=O) groups is 1. The third kappa shape index (κ3) is 5.56. The van der Waals surface area contributed by atoms with Gasteiger partial charge in [0.15, 0.2) is 5.69 Å². The number of ether oxygens (including phenoxy) is 1. The van der Waals surface area contributed by atoms with Gasteiger partial charge in [-0.15, -0.1) is 13.2 Å². The van der Waals surface area contributed by atoms with Crippen molar-refractivity contribution in [2.24, 2.45) is 0 Å². The van der Waals surface area contributed by atoms with E-state index >= 15 is 0 Å². The number of alkyl halides is 3. The van der Waals surface area contributed by atoms with Crippen LogP contribution < -0.4 is 10.1 Å². The van der Waals surface area contributed by atoms with Gasteiger partial charge in [0.25, 0.3) is 11.6 Å². The van der Waals surface area contributed by atoms with E-state index in [1.54, 1.807) is 6.07 Å². The van der Waals surface area contributed by atoms with E-state index in [2.05, 4.69) is 15.2 Å². The fourth-order valence-corrected chi connectivity index (χ4v) is 2.61. The number of carbonyl (C=O) groups excluding carboxylic acids is 1. The Morgan fingerprint density at radius 2 is 1.90 bits per heavy atom. The number of benzene rings is 2. The zero-order chi connectivity index (χ0) is 21.7. The van der Waals surface area contributed by atoms with Gasteiger partial charge in [-0.25, -0.2) is 4.68 Å². The molecule has 2 aromatic carbocycles. The second-order valence-electron chi connectivity index (χ2n) is 6.12. The molecule has 156 valence electrons. The number of nitro benzene ring substituents is 1. The molecule has 0 unspecified atom stereocenters. The standard InChI is InChI=1S/C19H15F3N4O4/c20-19(21,22)30-16-6-4-13(5-7-16)8-10-23-18(27)17-9-11-25(24-17)14-2-1-3-15(12-14)26(28)29/h1-7,9,11-12H,8,10H2,(H,23,27). The van der Waals surface area contributed by atoms with Crippen molar-refractivity contribution in [1.82, 2.24) is 15.1 Å². The molecule has 3 rings (SSSR count). The van der Waals surface area contributed by atoms with Crippen LogP contribution in [0.1, 0.15) is 16.1 Å². The Bertz CT molecular complexity index is 1050. The molecule has 0 bridgehead atoms. The number of rotatable bonds is 7. The average molecular weight is 420 g/mol. The van der Waals surface area contributed by atoms with Crippen LogP contribution >= 0.6 is 0 Å². The van der Waals surface area contributed by atoms with Crippen LogP contribution in [0.25, 0.3) is 5.69 Å². The van der Waals surface area contributed by atoms with E-state index in [-0.39, 0.29) is 23.7 Å². The Labute approximate surface area is 168 Å². The summed E-state index contributed by atoms with van der Waals surface area (Å²) in [5.74, 6) is -0.766. The summed E-state index contributed by atoms with van der Waals surface area (Å²) in [5, 5.41) is 17.6. The summed E-state index contributed by atoms with van der Waals surface area (Å²) in [6, 6.07) is 12.6. The van der Waals surface area contributed by atoms with Crippen LogP contribution in [-0.4, -0.2) is 33.5 Å². The molecule has 0 saturated heterocycles. The molecule has 0 spiro atoms. The van der Waals surface area contributed by atoms with Gasteiger partial charge in [-0.2, -0.15) is 5.10 Å². The molecule has 11 heteroatoms. The van der Waals surface area contributed by atoms with E-state index in [0.29, 0.717) is 17.7 Å². The maximum Gasteiger partial charge on any atom is 0.573 e. The highest BCUT2D eigenvalue weighted by Gasteiger charge is 2.30. The Kier molecular flexibility index (Phi) is 6.00. The van der Waals surface area contributed by atoms with Crippen molar-refractivity contribution in [3.63, 3.8) is 0 Å². The fraction of sp³-hybridized carbons (Fsp3) is 0.158. The summed E-state index contributed by atoms with van der Waals surface area (Å²) in [4.78, 5) is 22.6. The van der Waals surface area contributed by atoms with Crippen molar-refractivity contribution < 1.29 is 27.6 Å². The molecule has 1 aromatic heterocycles. The van der Waals surface area contributed by atoms with Crippen LogP contribution in [0, 0.1) is 10.1 Å². The van der Waals surface area contributed by atoms with E-state index < -0.39 is 17.2 Å². The number of amides is 1. The number of hydrogen-bond donors (Lipinski definition) is 1. The van der Waals surface area contributed by atoms with Crippen LogP contribution in [0.15, 0.2) is 60.8 Å². The first-order chi connectivity index (χ1) is 14.2. The third-order valence-electron chi connectivity index (χ3n) is 3.98. The quantitative estimate of drug-likeness (QED) is 0.465. The molecule has 1 amide bonds. The Morgan fingerprint density at radius 1 is 1.17 bits per heavy atom. The van der Waals surface area contributed by atoms with Gasteiger partial charge < -0.3 is 10.1 Å². The Hall–Kier alpha value is -3.89. The summed E-state index contributed by atoms with van der Waals surface area (Å²) < 4.78 is 41.6. The first-order valence-electron chi connectivity index (χ1n) is 8.65. The Morgan fingerprint density at radius 3 is 2.57 bits per heavy atom. The van der Waals surface area contributed by atoms with E-state index in [0.717, 1.165) is 0 Å². The number of nitrogens with zero attached hydrogens (tertiary/aromatic N) is 3. The van der Waals surface area contributed by atoms with Gasteiger partial charge in [0.1, 0.15) is 5.75 Å². The number of nitro groups is 1. The normalized spacial score (nSPS) is 11.2. The zero-order valence-electron chi connectivity index (χ0n) is 15.3. The molecule has 0 atom stereocenters. The lowest BCUT2D eigenvalue weighted by Gasteiger charge is -2.09. The summed E-state index contributed by atoms with van der Waals surface area (Å²) >= 11 is 0. The van der Waals surface area contributed by atoms with Crippen LogP contribution in [-0.2, 0) is 6.42 Å². The molecule has 0 aliphatic rings. The van der Waals surface area contributed by atoms with Gasteiger partial charge in [0, 0.05) is 24.9 Å². The van der Waals surface area contributed by atoms with Crippen molar-refractivity contribution >= 4 is 11.6 Å². The van der Waals surface area contributed by atoms with Crippen molar-refractivity contribution in [1.29, 1.82) is 0 Å². The van der Waals surface area contributed by atoms with Crippen molar-refractivity contribution in [3.05, 3.63) is 82.2 Å². The number of hydrogen-bond acceptors (Lipinski definition) is 5. The molecule has 0 saturated carbocycles. The maximum absolute atomic E-state index is 12.2. The van der Waals surface area contributed by atoms with Gasteiger partial charge in [0.05, 0.1) is 10.6 Å². The monoisotopic (exact) mass is 420 g/mol. The van der Waals surface area contributed by atoms with Crippen molar-refractivity contribution in [3.8, 4) is 11.4 Å². The lowest BCUT2D eigenvalue weighted by molar-refractivity contribution is -0.384. The SMILES string of the molecule is O=C(NCCc1ccc(OC(F)(F)F)cc1)c1ccn(-c2cccc([N+](=O)[O-])c2)n1. The highest BCUT2D eigenvalue weighted by molar-refractivity contribution is 5.92. The maximum atomic E-state index is 12.2. The molecule has 8 nitrogen and oxygen atoms in total. The molecule has 0 radical (unpaired) electrons. The minimum atomic E-state index is -4.75. The summed E-state index contributed by atoms with van der Waals surface area (Å²) in [6.07, 6.45) is -2.85. The van der Waals surface area contributed by atoms with Gasteiger partial charge >= 0.3 is 6.36 Å². The molecule has 3 aromatic rings. The average Bonchev–Trinajstić information content (AvgIpc) is 3.18. The molecule has 1 N–H and O–H groups in total. The van der Waals surface area contributed by atoms with Crippen LogP contribution in [0.2, 0.25) is 0 Å². The van der Waals surface area contributed by atoms with E-state index in [4.69, 9.17) is 0 Å². The Balaban J connectivity index is 1.55. The molecular weight excluding hydrogens is 405 g/mol. The molecule has 1 heterocycles. The predicted molar refractivity (Wildman–Crippen MR) is 99.4 cm³/mol. The smallest absolute Gasteiger partial charge is 0.406 e. The number of nitrogens with one attached hydrogen (secondary N) is 1. The second kappa shape index (κ2) is 8.64. The zero-order valence-corrected chi connectivity index (χ0v) is 15.3. The van der Waals surface area contributed by atoms with Gasteiger partial charge in [-0.05, 0) is 36.2 Å². The minimum Gasteiger partial charge on any atom is -0.406 e. The van der Waals surface area contributed by atoms with Crippen LogP contribution in [0.5, 0.6) is 5.75 Å². The van der Waals surface area contributed by atoms with Crippen molar-refractivity contribution in [2.75, 3.05) is 6.54 Å². The second-order valence-corrected chi connectivity index (χ2v) is 6.12. The van der Waals surface area contributed by atoms with Gasteiger partial charge in [-0.1, -0.05) is 18.2 Å². The minimum absolute atomic E-state index is 0.0966. The van der Waals surface area contributed by atoms with E-state index in [9.17, 15) is 28.1 Å². The predicted octanol–water partition coefficient (Wildman–Crippen LogP) is 3.65. The van der Waals surface area contributed by atoms with Crippen LogP contribution in [0.3, 0.4) is 0 Å². The summed E-state index contributed by atoms with van der Waals surface area (Å²) in [6.45, 7) is 0.238. The lowest BCUT2D eigenvalue weighted by Crippen LogP contribution is -2.26. The molecule has 0 fully saturated rings. The highest BCUT2D eigenvalue weighted by Crippen LogP contribution is 2.22. The van der Waals surface area contributed by atoms with Gasteiger partial charge in [0.2, 0.25) is 0 Å². The third-order valence-corrected chi connectivity index (χ3v) is 3.98. The highest BCUT2D eigenvalue weighted by atomic mass is 19.4. The van der Waals surface area contributed by atoms with Crippen LogP contribution in [0.4, 0.5) is 18.9 Å². The van der Waals surface area contributed by atoms with E-state index in [1.165, 1.54) is 59.4 Å². The molecule has 0 aliphatic carbocycles. The molecule has 30 heavy (non-hydrogen) atoms. The number of aromatic nitrogens is 2. The number of halogens is 3. The van der Waals surface area contributed by atoms with Crippen molar-refractivity contribution in [2.45, 2.75) is 12.8 Å². The van der Waals surface area contributed by atoms with Gasteiger partial charge in [-0.3, -0.25) is 14.9 Å². The van der Waals surface area contributed by atoms with E-state index in [1.807, 2.05) is 0 Å². The fourth-order valence-electron chi connectivity index (χ4n) is 2.61. The lowest BCUT2D eigenvalue weighted by atomic mass is 10.1.